The van der Waals surface area contributed by atoms with Gasteiger partial charge in [-0.2, -0.15) is 5.10 Å². The fourth-order valence-electron chi connectivity index (χ4n) is 4.98. The van der Waals surface area contributed by atoms with Crippen LogP contribution in [0.2, 0.25) is 0 Å². The number of hydrogen-bond acceptors (Lipinski definition) is 4. The van der Waals surface area contributed by atoms with Crippen molar-refractivity contribution in [1.29, 1.82) is 0 Å². The monoisotopic (exact) mass is 432 g/mol. The first-order chi connectivity index (χ1) is 15.4. The van der Waals surface area contributed by atoms with Crippen molar-refractivity contribution in [2.24, 2.45) is 7.05 Å². The van der Waals surface area contributed by atoms with Crippen LogP contribution in [0.25, 0.3) is 11.4 Å². The fraction of sp³-hybridized carbons (Fsp3) is 0.417. The summed E-state index contributed by atoms with van der Waals surface area (Å²) in [6.45, 7) is 4.51. The van der Waals surface area contributed by atoms with Gasteiger partial charge < -0.3 is 14.8 Å². The molecule has 8 nitrogen and oxygen atoms in total. The molecule has 166 valence electrons. The molecule has 2 aliphatic heterocycles. The van der Waals surface area contributed by atoms with E-state index in [-0.39, 0.29) is 29.9 Å². The number of nitrogens with zero attached hydrogens (tertiary/aromatic N) is 5. The van der Waals surface area contributed by atoms with E-state index in [2.05, 4.69) is 15.0 Å². The van der Waals surface area contributed by atoms with Crippen molar-refractivity contribution in [2.45, 2.75) is 57.8 Å². The molecule has 0 spiro atoms. The number of aromatic nitrogens is 4. The summed E-state index contributed by atoms with van der Waals surface area (Å²) < 4.78 is 3.81. The first kappa shape index (κ1) is 20.5. The van der Waals surface area contributed by atoms with Crippen LogP contribution in [0.5, 0.6) is 0 Å². The SMILES string of the molecule is CC(C)NC(=O)c1nc(-c2ccccc2)n2c1C[C@@H]1CC[C@H](C2)N1C(=O)c1ccn(C)n1. The maximum absolute atomic E-state index is 13.4. The van der Waals surface area contributed by atoms with Gasteiger partial charge in [0.25, 0.3) is 11.8 Å². The molecule has 0 saturated carbocycles. The molecule has 1 N–H and O–H groups in total. The van der Waals surface area contributed by atoms with Crippen molar-refractivity contribution in [2.75, 3.05) is 0 Å². The lowest BCUT2D eigenvalue weighted by Crippen LogP contribution is -2.42. The normalized spacial score (nSPS) is 19.7. The van der Waals surface area contributed by atoms with E-state index in [0.717, 1.165) is 29.9 Å². The second-order valence-corrected chi connectivity index (χ2v) is 9.01. The lowest BCUT2D eigenvalue weighted by molar-refractivity contribution is 0.0659. The molecule has 2 bridgehead atoms. The van der Waals surface area contributed by atoms with Gasteiger partial charge in [0.05, 0.1) is 11.7 Å². The van der Waals surface area contributed by atoms with E-state index in [1.165, 1.54) is 0 Å². The van der Waals surface area contributed by atoms with Gasteiger partial charge in [0.2, 0.25) is 0 Å². The first-order valence-corrected chi connectivity index (χ1v) is 11.2. The molecule has 5 rings (SSSR count). The summed E-state index contributed by atoms with van der Waals surface area (Å²) in [6, 6.07) is 11.8. The van der Waals surface area contributed by atoms with E-state index in [9.17, 15) is 9.59 Å². The van der Waals surface area contributed by atoms with Crippen LogP contribution in [-0.2, 0) is 20.0 Å². The van der Waals surface area contributed by atoms with Crippen molar-refractivity contribution in [3.05, 3.63) is 59.7 Å². The van der Waals surface area contributed by atoms with E-state index in [1.54, 1.807) is 16.9 Å². The van der Waals surface area contributed by atoms with Gasteiger partial charge in [-0.05, 0) is 32.8 Å². The number of nitrogens with one attached hydrogen (secondary N) is 1. The number of hydrogen-bond donors (Lipinski definition) is 1. The minimum Gasteiger partial charge on any atom is -0.348 e. The average molecular weight is 433 g/mol. The van der Waals surface area contributed by atoms with Gasteiger partial charge in [0.15, 0.2) is 0 Å². The number of rotatable bonds is 4. The Morgan fingerprint density at radius 1 is 1.09 bits per heavy atom. The van der Waals surface area contributed by atoms with Crippen molar-refractivity contribution in [3.8, 4) is 11.4 Å². The molecule has 0 aliphatic carbocycles. The standard InChI is InChI=1S/C24H28N6O2/c1-15(2)25-23(31)21-20-13-17-9-10-18(30(17)24(32)19-11-12-28(3)27-19)14-29(20)22(26-21)16-7-5-4-6-8-16/h4-8,11-12,15,17-18H,9-10,13-14H2,1-3H3,(H,25,31)/t17-,18+/m0/s1. The van der Waals surface area contributed by atoms with Gasteiger partial charge in [-0.15, -0.1) is 0 Å². The van der Waals surface area contributed by atoms with Crippen LogP contribution in [0, 0.1) is 0 Å². The van der Waals surface area contributed by atoms with Crippen LogP contribution >= 0.6 is 0 Å². The largest absolute Gasteiger partial charge is 0.348 e. The third-order valence-corrected chi connectivity index (χ3v) is 6.35. The molecule has 32 heavy (non-hydrogen) atoms. The van der Waals surface area contributed by atoms with E-state index >= 15 is 0 Å². The molecule has 2 aromatic heterocycles. The molecule has 2 atom stereocenters. The Bertz CT molecular complexity index is 1160. The minimum absolute atomic E-state index is 0.0180. The topological polar surface area (TPSA) is 85.0 Å². The summed E-state index contributed by atoms with van der Waals surface area (Å²) >= 11 is 0. The lowest BCUT2D eigenvalue weighted by atomic mass is 10.0. The zero-order valence-corrected chi connectivity index (χ0v) is 18.7. The van der Waals surface area contributed by atoms with Crippen LogP contribution in [0.1, 0.15) is 53.4 Å². The third-order valence-electron chi connectivity index (χ3n) is 6.35. The highest BCUT2D eigenvalue weighted by Crippen LogP contribution is 2.36. The molecule has 2 amide bonds. The molecular weight excluding hydrogens is 404 g/mol. The van der Waals surface area contributed by atoms with Gasteiger partial charge in [0, 0.05) is 43.9 Å². The highest BCUT2D eigenvalue weighted by Gasteiger charge is 2.43. The van der Waals surface area contributed by atoms with Crippen LogP contribution in [-0.4, -0.2) is 54.2 Å². The Kier molecular flexibility index (Phi) is 5.07. The quantitative estimate of drug-likeness (QED) is 0.687. The Labute approximate surface area is 187 Å². The Balaban J connectivity index is 1.57. The van der Waals surface area contributed by atoms with Gasteiger partial charge >= 0.3 is 0 Å². The van der Waals surface area contributed by atoms with Crippen LogP contribution in [0.3, 0.4) is 0 Å². The smallest absolute Gasteiger partial charge is 0.274 e. The summed E-state index contributed by atoms with van der Waals surface area (Å²) in [5.41, 5.74) is 2.82. The van der Waals surface area contributed by atoms with Crippen LogP contribution in [0.15, 0.2) is 42.6 Å². The van der Waals surface area contributed by atoms with Crippen molar-refractivity contribution < 1.29 is 9.59 Å². The number of imidazole rings is 1. The van der Waals surface area contributed by atoms with Crippen LogP contribution in [0.4, 0.5) is 0 Å². The Morgan fingerprint density at radius 2 is 1.84 bits per heavy atom. The molecular formula is C24H28N6O2. The highest BCUT2D eigenvalue weighted by atomic mass is 16.2. The van der Waals surface area contributed by atoms with Gasteiger partial charge in [-0.3, -0.25) is 14.3 Å². The molecule has 2 aliphatic rings. The van der Waals surface area contributed by atoms with E-state index in [1.807, 2.05) is 56.1 Å². The average Bonchev–Trinajstić information content (AvgIpc) is 3.43. The van der Waals surface area contributed by atoms with Gasteiger partial charge in [-0.1, -0.05) is 30.3 Å². The third kappa shape index (κ3) is 3.49. The fourth-order valence-corrected chi connectivity index (χ4v) is 4.98. The molecule has 0 unspecified atom stereocenters. The Morgan fingerprint density at radius 3 is 2.53 bits per heavy atom. The number of aryl methyl sites for hydroxylation is 1. The molecule has 3 aromatic rings. The Hall–Kier alpha value is -3.42. The summed E-state index contributed by atoms with van der Waals surface area (Å²) in [5, 5.41) is 7.33. The number of fused-ring (bicyclic) bond motifs is 3. The van der Waals surface area contributed by atoms with Crippen LogP contribution < -0.4 is 5.32 Å². The maximum Gasteiger partial charge on any atom is 0.274 e. The van der Waals surface area contributed by atoms with E-state index in [0.29, 0.717) is 24.4 Å². The van der Waals surface area contributed by atoms with Gasteiger partial charge in [-0.25, -0.2) is 4.98 Å². The number of benzene rings is 1. The molecule has 0 radical (unpaired) electrons. The second-order valence-electron chi connectivity index (χ2n) is 9.01. The zero-order valence-electron chi connectivity index (χ0n) is 18.7. The molecule has 1 saturated heterocycles. The van der Waals surface area contributed by atoms with E-state index in [4.69, 9.17) is 4.98 Å². The number of amides is 2. The second kappa shape index (κ2) is 7.93. The maximum atomic E-state index is 13.4. The van der Waals surface area contributed by atoms with Crippen molar-refractivity contribution in [1.82, 2.24) is 29.5 Å². The molecule has 8 heteroatoms. The van der Waals surface area contributed by atoms with Gasteiger partial charge in [0.1, 0.15) is 17.2 Å². The predicted molar refractivity (Wildman–Crippen MR) is 120 cm³/mol. The summed E-state index contributed by atoms with van der Waals surface area (Å²) in [4.78, 5) is 33.2. The summed E-state index contributed by atoms with van der Waals surface area (Å²) in [7, 11) is 1.82. The molecule has 1 fully saturated rings. The number of carbonyl (C=O) groups is 2. The minimum atomic E-state index is -0.161. The lowest BCUT2D eigenvalue weighted by Gasteiger charge is -2.27. The predicted octanol–water partition coefficient (Wildman–Crippen LogP) is 2.65. The molecule has 4 heterocycles. The van der Waals surface area contributed by atoms with Crippen molar-refractivity contribution >= 4 is 11.8 Å². The highest BCUT2D eigenvalue weighted by molar-refractivity contribution is 5.95. The van der Waals surface area contributed by atoms with E-state index < -0.39 is 0 Å². The van der Waals surface area contributed by atoms with Crippen molar-refractivity contribution in [3.63, 3.8) is 0 Å². The summed E-state index contributed by atoms with van der Waals surface area (Å²) in [5.74, 6) is 0.588. The summed E-state index contributed by atoms with van der Waals surface area (Å²) in [6.07, 6.45) is 4.25. The zero-order chi connectivity index (χ0) is 22.4. The molecule has 1 aromatic carbocycles. The number of carbonyl (C=O) groups excluding carboxylic acids is 2. The first-order valence-electron chi connectivity index (χ1n) is 11.2.